The molecular formula is C10H19N3O. The SMILES string of the molecule is CCOC1CCN(CC(N)C#N)CC1. The lowest BCUT2D eigenvalue weighted by molar-refractivity contribution is 0.0140. The first kappa shape index (κ1) is 11.4. The van der Waals surface area contributed by atoms with Crippen LogP contribution in [0.15, 0.2) is 0 Å². The van der Waals surface area contributed by atoms with E-state index >= 15 is 0 Å². The zero-order valence-corrected chi connectivity index (χ0v) is 8.78. The van der Waals surface area contributed by atoms with Crippen LogP contribution >= 0.6 is 0 Å². The minimum Gasteiger partial charge on any atom is -0.378 e. The third kappa shape index (κ3) is 3.62. The van der Waals surface area contributed by atoms with Crippen LogP contribution in [0.3, 0.4) is 0 Å². The van der Waals surface area contributed by atoms with Crippen LogP contribution in [0, 0.1) is 11.3 Å². The molecule has 1 aliphatic rings. The first-order chi connectivity index (χ1) is 6.76. The molecule has 0 aromatic carbocycles. The third-order valence-electron chi connectivity index (χ3n) is 2.56. The summed E-state index contributed by atoms with van der Waals surface area (Å²) in [4.78, 5) is 2.24. The lowest BCUT2D eigenvalue weighted by Crippen LogP contribution is -2.43. The highest BCUT2D eigenvalue weighted by Gasteiger charge is 2.20. The molecule has 1 rings (SSSR count). The molecule has 1 atom stereocenters. The Bertz CT molecular complexity index is 194. The van der Waals surface area contributed by atoms with Crippen LogP contribution in [-0.4, -0.2) is 43.3 Å². The van der Waals surface area contributed by atoms with Gasteiger partial charge in [0.1, 0.15) is 6.04 Å². The second-order valence-corrected chi connectivity index (χ2v) is 3.69. The third-order valence-corrected chi connectivity index (χ3v) is 2.56. The van der Waals surface area contributed by atoms with Crippen LogP contribution in [0.25, 0.3) is 0 Å². The van der Waals surface area contributed by atoms with Gasteiger partial charge in [-0.1, -0.05) is 0 Å². The van der Waals surface area contributed by atoms with Crippen molar-refractivity contribution in [3.8, 4) is 6.07 Å². The molecule has 0 spiro atoms. The van der Waals surface area contributed by atoms with Crippen molar-refractivity contribution in [3.05, 3.63) is 0 Å². The van der Waals surface area contributed by atoms with E-state index < -0.39 is 0 Å². The molecule has 0 aromatic heterocycles. The molecule has 1 aliphatic heterocycles. The maximum Gasteiger partial charge on any atom is 0.106 e. The first-order valence-corrected chi connectivity index (χ1v) is 5.25. The molecule has 0 aliphatic carbocycles. The number of nitrogens with two attached hydrogens (primary N) is 1. The highest BCUT2D eigenvalue weighted by atomic mass is 16.5. The van der Waals surface area contributed by atoms with Gasteiger partial charge in [-0.15, -0.1) is 0 Å². The van der Waals surface area contributed by atoms with Crippen LogP contribution in [0.2, 0.25) is 0 Å². The summed E-state index contributed by atoms with van der Waals surface area (Å²) in [7, 11) is 0. The van der Waals surface area contributed by atoms with E-state index in [1.165, 1.54) is 0 Å². The summed E-state index contributed by atoms with van der Waals surface area (Å²) in [5.74, 6) is 0. The van der Waals surface area contributed by atoms with Crippen molar-refractivity contribution in [1.82, 2.24) is 4.90 Å². The molecule has 14 heavy (non-hydrogen) atoms. The molecule has 2 N–H and O–H groups in total. The van der Waals surface area contributed by atoms with E-state index in [1.54, 1.807) is 0 Å². The van der Waals surface area contributed by atoms with Crippen molar-refractivity contribution < 1.29 is 4.74 Å². The summed E-state index contributed by atoms with van der Waals surface area (Å²) in [5.41, 5.74) is 5.56. The normalized spacial score (nSPS) is 21.8. The van der Waals surface area contributed by atoms with Crippen LogP contribution in [0.1, 0.15) is 19.8 Å². The maximum absolute atomic E-state index is 8.58. The summed E-state index contributed by atoms with van der Waals surface area (Å²) < 4.78 is 5.54. The standard InChI is InChI=1S/C10H19N3O/c1-2-14-10-3-5-13(6-4-10)8-9(12)7-11/h9-10H,2-6,8,12H2,1H3. The van der Waals surface area contributed by atoms with E-state index in [2.05, 4.69) is 11.0 Å². The smallest absolute Gasteiger partial charge is 0.106 e. The van der Waals surface area contributed by atoms with Gasteiger partial charge in [0.05, 0.1) is 12.2 Å². The Morgan fingerprint density at radius 2 is 2.21 bits per heavy atom. The van der Waals surface area contributed by atoms with Crippen LogP contribution in [0.5, 0.6) is 0 Å². The lowest BCUT2D eigenvalue weighted by atomic mass is 10.1. The monoisotopic (exact) mass is 197 g/mol. The minimum atomic E-state index is -0.348. The van der Waals surface area contributed by atoms with E-state index in [9.17, 15) is 0 Å². The Labute approximate surface area is 85.6 Å². The molecule has 0 radical (unpaired) electrons. The second-order valence-electron chi connectivity index (χ2n) is 3.69. The van der Waals surface area contributed by atoms with E-state index in [4.69, 9.17) is 15.7 Å². The van der Waals surface area contributed by atoms with Gasteiger partial charge in [-0.25, -0.2) is 0 Å². The van der Waals surface area contributed by atoms with E-state index in [1.807, 2.05) is 6.92 Å². The van der Waals surface area contributed by atoms with Gasteiger partial charge < -0.3 is 15.4 Å². The van der Waals surface area contributed by atoms with E-state index in [0.29, 0.717) is 12.6 Å². The van der Waals surface area contributed by atoms with Crippen LogP contribution < -0.4 is 5.73 Å². The molecule has 0 aromatic rings. The highest BCUT2D eigenvalue weighted by molar-refractivity contribution is 4.90. The molecule has 0 saturated carbocycles. The Balaban J connectivity index is 2.19. The average molecular weight is 197 g/mol. The number of ether oxygens (including phenoxy) is 1. The topological polar surface area (TPSA) is 62.3 Å². The lowest BCUT2D eigenvalue weighted by Gasteiger charge is -2.32. The molecule has 4 nitrogen and oxygen atoms in total. The Morgan fingerprint density at radius 1 is 1.57 bits per heavy atom. The maximum atomic E-state index is 8.58. The summed E-state index contributed by atoms with van der Waals surface area (Å²) >= 11 is 0. The van der Waals surface area contributed by atoms with Gasteiger partial charge in [0, 0.05) is 26.2 Å². The highest BCUT2D eigenvalue weighted by Crippen LogP contribution is 2.13. The predicted octanol–water partition coefficient (Wildman–Crippen LogP) is 0.338. The molecule has 1 saturated heterocycles. The van der Waals surface area contributed by atoms with Gasteiger partial charge in [0.15, 0.2) is 0 Å². The predicted molar refractivity (Wildman–Crippen MR) is 54.7 cm³/mol. The summed E-state index contributed by atoms with van der Waals surface area (Å²) in [6.07, 6.45) is 2.53. The van der Waals surface area contributed by atoms with Gasteiger partial charge >= 0.3 is 0 Å². The fourth-order valence-electron chi connectivity index (χ4n) is 1.81. The van der Waals surface area contributed by atoms with E-state index in [0.717, 1.165) is 32.5 Å². The Morgan fingerprint density at radius 3 is 2.71 bits per heavy atom. The van der Waals surface area contributed by atoms with Crippen molar-refractivity contribution in [3.63, 3.8) is 0 Å². The van der Waals surface area contributed by atoms with Crippen LogP contribution in [0.4, 0.5) is 0 Å². The Kier molecular flexibility index (Phi) is 4.88. The van der Waals surface area contributed by atoms with Crippen molar-refractivity contribution in [2.75, 3.05) is 26.2 Å². The van der Waals surface area contributed by atoms with Gasteiger partial charge in [-0.2, -0.15) is 5.26 Å². The largest absolute Gasteiger partial charge is 0.378 e. The van der Waals surface area contributed by atoms with Crippen LogP contribution in [-0.2, 0) is 4.74 Å². The zero-order valence-electron chi connectivity index (χ0n) is 8.78. The zero-order chi connectivity index (χ0) is 10.4. The molecule has 80 valence electrons. The van der Waals surface area contributed by atoms with Crippen molar-refractivity contribution in [1.29, 1.82) is 5.26 Å². The fourth-order valence-corrected chi connectivity index (χ4v) is 1.81. The molecule has 0 amide bonds. The second kappa shape index (κ2) is 5.97. The minimum absolute atomic E-state index is 0.348. The molecule has 1 unspecified atom stereocenters. The number of likely N-dealkylation sites (tertiary alicyclic amines) is 1. The number of rotatable bonds is 4. The van der Waals surface area contributed by atoms with Crippen molar-refractivity contribution in [2.24, 2.45) is 5.73 Å². The number of piperidine rings is 1. The summed E-state index contributed by atoms with van der Waals surface area (Å²) in [6, 6.07) is 1.70. The van der Waals surface area contributed by atoms with Gasteiger partial charge in [0.2, 0.25) is 0 Å². The Hall–Kier alpha value is -0.630. The molecule has 0 bridgehead atoms. The number of hydrogen-bond donors (Lipinski definition) is 1. The summed E-state index contributed by atoms with van der Waals surface area (Å²) in [5, 5.41) is 8.58. The molecule has 1 fully saturated rings. The van der Waals surface area contributed by atoms with Gasteiger partial charge in [-0.05, 0) is 19.8 Å². The quantitative estimate of drug-likeness (QED) is 0.706. The molecule has 1 heterocycles. The first-order valence-electron chi connectivity index (χ1n) is 5.25. The van der Waals surface area contributed by atoms with Crippen molar-refractivity contribution >= 4 is 0 Å². The fraction of sp³-hybridized carbons (Fsp3) is 0.900. The molecule has 4 heteroatoms. The number of nitrogens with zero attached hydrogens (tertiary/aromatic N) is 2. The van der Waals surface area contributed by atoms with Gasteiger partial charge in [-0.3, -0.25) is 0 Å². The summed E-state index contributed by atoms with van der Waals surface area (Å²) in [6.45, 7) is 5.51. The number of hydrogen-bond acceptors (Lipinski definition) is 4. The van der Waals surface area contributed by atoms with E-state index in [-0.39, 0.29) is 6.04 Å². The number of nitriles is 1. The van der Waals surface area contributed by atoms with Crippen molar-refractivity contribution in [2.45, 2.75) is 31.9 Å². The molecular weight excluding hydrogens is 178 g/mol. The average Bonchev–Trinajstić information content (AvgIpc) is 2.21. The van der Waals surface area contributed by atoms with Gasteiger partial charge in [0.25, 0.3) is 0 Å².